The zero-order valence-electron chi connectivity index (χ0n) is 10.4. The Balaban J connectivity index is 2.02. The first kappa shape index (κ1) is 12.6. The lowest BCUT2D eigenvalue weighted by Gasteiger charge is -2.35. The Morgan fingerprint density at radius 1 is 1.65 bits per heavy atom. The summed E-state index contributed by atoms with van der Waals surface area (Å²) in [6.07, 6.45) is 2.71. The van der Waals surface area contributed by atoms with E-state index in [0.717, 1.165) is 25.9 Å². The Bertz CT molecular complexity index is 389. The molecule has 0 aromatic carbocycles. The molecule has 94 valence electrons. The topological polar surface area (TPSA) is 29.5 Å². The van der Waals surface area contributed by atoms with Crippen LogP contribution in [-0.4, -0.2) is 31.1 Å². The molecule has 1 aliphatic heterocycles. The Kier molecular flexibility index (Phi) is 4.18. The zero-order valence-corrected chi connectivity index (χ0v) is 11.3. The minimum absolute atomic E-state index is 0.115. The summed E-state index contributed by atoms with van der Waals surface area (Å²) in [6, 6.07) is 2.72. The van der Waals surface area contributed by atoms with Crippen LogP contribution in [0.5, 0.6) is 0 Å². The Morgan fingerprint density at radius 2 is 2.47 bits per heavy atom. The second-order valence-electron chi connectivity index (χ2n) is 4.34. The molecule has 2 heterocycles. The van der Waals surface area contributed by atoms with Crippen LogP contribution in [0.2, 0.25) is 0 Å². The molecule has 0 saturated heterocycles. The lowest BCUT2D eigenvalue weighted by molar-refractivity contribution is -0.141. The van der Waals surface area contributed by atoms with Crippen molar-refractivity contribution in [3.05, 3.63) is 21.9 Å². The normalized spacial score (nSPS) is 20.0. The number of methoxy groups -OCH3 is 1. The van der Waals surface area contributed by atoms with Crippen molar-refractivity contribution in [2.45, 2.75) is 32.2 Å². The molecule has 0 saturated carbocycles. The molecule has 0 bridgehead atoms. The van der Waals surface area contributed by atoms with Gasteiger partial charge in [-0.2, -0.15) is 0 Å². The number of ether oxygens (including phenoxy) is 1. The van der Waals surface area contributed by atoms with E-state index in [2.05, 4.69) is 23.3 Å². The fourth-order valence-electron chi connectivity index (χ4n) is 2.53. The summed E-state index contributed by atoms with van der Waals surface area (Å²) in [6.45, 7) is 4.08. The first-order valence-corrected chi connectivity index (χ1v) is 7.01. The summed E-state index contributed by atoms with van der Waals surface area (Å²) >= 11 is 1.86. The van der Waals surface area contributed by atoms with E-state index in [1.807, 2.05) is 11.3 Å². The van der Waals surface area contributed by atoms with Crippen molar-refractivity contribution < 1.29 is 9.53 Å². The van der Waals surface area contributed by atoms with Crippen LogP contribution in [0.3, 0.4) is 0 Å². The molecule has 1 aromatic rings. The van der Waals surface area contributed by atoms with Gasteiger partial charge in [-0.3, -0.25) is 9.69 Å². The van der Waals surface area contributed by atoms with Crippen LogP contribution >= 0.6 is 11.3 Å². The molecule has 0 radical (unpaired) electrons. The third-order valence-electron chi connectivity index (χ3n) is 3.42. The average molecular weight is 253 g/mol. The van der Waals surface area contributed by atoms with Crippen molar-refractivity contribution in [2.75, 3.05) is 20.2 Å². The summed E-state index contributed by atoms with van der Waals surface area (Å²) in [4.78, 5) is 15.1. The number of thiophene rings is 1. The first-order chi connectivity index (χ1) is 8.26. The number of hydrogen-bond donors (Lipinski definition) is 0. The number of nitrogens with zero attached hydrogens (tertiary/aromatic N) is 1. The van der Waals surface area contributed by atoms with Crippen molar-refractivity contribution in [1.29, 1.82) is 0 Å². The molecule has 0 spiro atoms. The molecule has 0 fully saturated rings. The van der Waals surface area contributed by atoms with Crippen LogP contribution < -0.4 is 0 Å². The van der Waals surface area contributed by atoms with Crippen LogP contribution in [-0.2, 0) is 16.0 Å². The monoisotopic (exact) mass is 253 g/mol. The van der Waals surface area contributed by atoms with E-state index in [9.17, 15) is 4.79 Å². The van der Waals surface area contributed by atoms with Gasteiger partial charge in [0, 0.05) is 24.0 Å². The highest BCUT2D eigenvalue weighted by Crippen LogP contribution is 2.34. The Morgan fingerprint density at radius 3 is 3.18 bits per heavy atom. The maximum absolute atomic E-state index is 11.2. The van der Waals surface area contributed by atoms with Crippen LogP contribution in [0.25, 0.3) is 0 Å². The summed E-state index contributed by atoms with van der Waals surface area (Å²) < 4.78 is 4.70. The quantitative estimate of drug-likeness (QED) is 0.773. The fourth-order valence-corrected chi connectivity index (χ4v) is 3.46. The van der Waals surface area contributed by atoms with Gasteiger partial charge in [0.1, 0.15) is 0 Å². The molecule has 3 nitrogen and oxygen atoms in total. The largest absolute Gasteiger partial charge is 0.469 e. The van der Waals surface area contributed by atoms with E-state index in [1.165, 1.54) is 17.6 Å². The van der Waals surface area contributed by atoms with Crippen LogP contribution in [0.4, 0.5) is 0 Å². The van der Waals surface area contributed by atoms with E-state index in [-0.39, 0.29) is 5.97 Å². The van der Waals surface area contributed by atoms with E-state index >= 15 is 0 Å². The molecule has 0 amide bonds. The lowest BCUT2D eigenvalue weighted by Crippen LogP contribution is -2.36. The van der Waals surface area contributed by atoms with Gasteiger partial charge in [0.15, 0.2) is 0 Å². The van der Waals surface area contributed by atoms with E-state index in [1.54, 1.807) is 0 Å². The maximum Gasteiger partial charge on any atom is 0.306 e. The summed E-state index contributed by atoms with van der Waals surface area (Å²) in [7, 11) is 1.45. The third kappa shape index (κ3) is 2.69. The predicted molar refractivity (Wildman–Crippen MR) is 69.3 cm³/mol. The fraction of sp³-hybridized carbons (Fsp3) is 0.615. The maximum atomic E-state index is 11.2. The minimum atomic E-state index is -0.115. The smallest absolute Gasteiger partial charge is 0.306 e. The van der Waals surface area contributed by atoms with E-state index < -0.39 is 0 Å². The molecule has 17 heavy (non-hydrogen) atoms. The van der Waals surface area contributed by atoms with Gasteiger partial charge in [0.05, 0.1) is 13.5 Å². The standard InChI is InChI=1S/C13H19NO2S/c1-3-11-10-6-9-17-12(10)4-7-14(11)8-5-13(15)16-2/h6,9,11H,3-5,7-8H2,1-2H3. The summed E-state index contributed by atoms with van der Waals surface area (Å²) in [5, 5.41) is 2.18. The highest BCUT2D eigenvalue weighted by molar-refractivity contribution is 7.10. The van der Waals surface area contributed by atoms with Crippen molar-refractivity contribution >= 4 is 17.3 Å². The highest BCUT2D eigenvalue weighted by atomic mass is 32.1. The third-order valence-corrected chi connectivity index (χ3v) is 4.42. The lowest BCUT2D eigenvalue weighted by atomic mass is 9.97. The molecule has 0 aliphatic carbocycles. The molecule has 1 aliphatic rings. The second kappa shape index (κ2) is 5.65. The molecule has 0 N–H and O–H groups in total. The van der Waals surface area contributed by atoms with Crippen LogP contribution in [0.15, 0.2) is 11.4 Å². The Labute approximate surface area is 106 Å². The highest BCUT2D eigenvalue weighted by Gasteiger charge is 2.26. The number of esters is 1. The Hall–Kier alpha value is -0.870. The molecule has 1 aromatic heterocycles. The molecular formula is C13H19NO2S. The average Bonchev–Trinajstić information content (AvgIpc) is 2.83. The van der Waals surface area contributed by atoms with Gasteiger partial charge in [-0.1, -0.05) is 6.92 Å². The SMILES string of the molecule is CCC1c2ccsc2CCN1CCC(=O)OC. The number of rotatable bonds is 4. The summed E-state index contributed by atoms with van der Waals surface area (Å²) in [5.41, 5.74) is 1.47. The van der Waals surface area contributed by atoms with E-state index in [0.29, 0.717) is 12.5 Å². The van der Waals surface area contributed by atoms with Crippen molar-refractivity contribution in [3.8, 4) is 0 Å². The summed E-state index contributed by atoms with van der Waals surface area (Å²) in [5.74, 6) is -0.115. The molecule has 1 unspecified atom stereocenters. The molecule has 1 atom stereocenters. The number of carbonyl (C=O) groups excluding carboxylic acids is 1. The number of hydrogen-bond acceptors (Lipinski definition) is 4. The van der Waals surface area contributed by atoms with Gasteiger partial charge < -0.3 is 4.74 Å². The van der Waals surface area contributed by atoms with Gasteiger partial charge >= 0.3 is 5.97 Å². The van der Waals surface area contributed by atoms with Crippen molar-refractivity contribution in [1.82, 2.24) is 4.90 Å². The van der Waals surface area contributed by atoms with Crippen LogP contribution in [0.1, 0.15) is 36.2 Å². The van der Waals surface area contributed by atoms with Gasteiger partial charge in [0.25, 0.3) is 0 Å². The van der Waals surface area contributed by atoms with E-state index in [4.69, 9.17) is 4.74 Å². The number of carbonyl (C=O) groups is 1. The first-order valence-electron chi connectivity index (χ1n) is 6.13. The molecule has 2 rings (SSSR count). The van der Waals surface area contributed by atoms with Gasteiger partial charge in [-0.05, 0) is 29.9 Å². The minimum Gasteiger partial charge on any atom is -0.469 e. The van der Waals surface area contributed by atoms with Gasteiger partial charge in [0.2, 0.25) is 0 Å². The second-order valence-corrected chi connectivity index (χ2v) is 5.34. The van der Waals surface area contributed by atoms with Gasteiger partial charge in [-0.25, -0.2) is 0 Å². The van der Waals surface area contributed by atoms with Crippen LogP contribution in [0, 0.1) is 0 Å². The molecule has 4 heteroatoms. The van der Waals surface area contributed by atoms with Gasteiger partial charge in [-0.15, -0.1) is 11.3 Å². The van der Waals surface area contributed by atoms with Crippen molar-refractivity contribution in [3.63, 3.8) is 0 Å². The number of fused-ring (bicyclic) bond motifs is 1. The predicted octanol–water partition coefficient (Wildman–Crippen LogP) is 2.62. The van der Waals surface area contributed by atoms with Crippen molar-refractivity contribution in [2.24, 2.45) is 0 Å². The zero-order chi connectivity index (χ0) is 12.3. The molecular weight excluding hydrogens is 234 g/mol.